The number of carbonyl (C=O) groups excluding carboxylic acids is 1. The molecule has 9 heteroatoms. The summed E-state index contributed by atoms with van der Waals surface area (Å²) in [6.45, 7) is 3.88. The van der Waals surface area contributed by atoms with Crippen LogP contribution in [0.3, 0.4) is 0 Å². The Morgan fingerprint density at radius 2 is 2.16 bits per heavy atom. The SMILES string of the molecule is CC(C)Cc1nnc(N2CC(S(=O)(=O)F)CC2=O)s1. The zero-order valence-corrected chi connectivity index (χ0v) is 12.2. The highest BCUT2D eigenvalue weighted by Gasteiger charge is 2.40. The monoisotopic (exact) mass is 307 g/mol. The maximum atomic E-state index is 12.9. The lowest BCUT2D eigenvalue weighted by molar-refractivity contribution is -0.117. The van der Waals surface area contributed by atoms with Crippen LogP contribution < -0.4 is 4.90 Å². The van der Waals surface area contributed by atoms with Gasteiger partial charge < -0.3 is 0 Å². The minimum Gasteiger partial charge on any atom is -0.285 e. The molecule has 1 amide bonds. The first-order valence-corrected chi connectivity index (χ1v) is 8.10. The number of anilines is 1. The highest BCUT2D eigenvalue weighted by atomic mass is 32.3. The zero-order chi connectivity index (χ0) is 14.2. The van der Waals surface area contributed by atoms with Gasteiger partial charge in [0.15, 0.2) is 0 Å². The molecule has 2 heterocycles. The van der Waals surface area contributed by atoms with Crippen LogP contribution >= 0.6 is 11.3 Å². The number of hydrogen-bond donors (Lipinski definition) is 0. The first-order chi connectivity index (χ1) is 8.77. The summed E-state index contributed by atoms with van der Waals surface area (Å²) in [5.74, 6) is -0.0208. The summed E-state index contributed by atoms with van der Waals surface area (Å²) in [5.41, 5.74) is 0. The topological polar surface area (TPSA) is 80.2 Å². The summed E-state index contributed by atoms with van der Waals surface area (Å²) >= 11 is 1.24. The van der Waals surface area contributed by atoms with Gasteiger partial charge >= 0.3 is 10.2 Å². The lowest BCUT2D eigenvalue weighted by Gasteiger charge is -2.10. The van der Waals surface area contributed by atoms with E-state index in [2.05, 4.69) is 10.2 Å². The van der Waals surface area contributed by atoms with Crippen LogP contribution in [0.2, 0.25) is 0 Å². The van der Waals surface area contributed by atoms with E-state index in [1.165, 1.54) is 16.2 Å². The molecule has 1 unspecified atom stereocenters. The van der Waals surface area contributed by atoms with Gasteiger partial charge in [-0.15, -0.1) is 14.1 Å². The van der Waals surface area contributed by atoms with E-state index in [1.807, 2.05) is 13.8 Å². The van der Waals surface area contributed by atoms with Crippen LogP contribution in [0.15, 0.2) is 0 Å². The van der Waals surface area contributed by atoms with Crippen molar-refractivity contribution in [1.29, 1.82) is 0 Å². The molecule has 19 heavy (non-hydrogen) atoms. The molecule has 6 nitrogen and oxygen atoms in total. The fraction of sp³-hybridized carbons (Fsp3) is 0.700. The Kier molecular flexibility index (Phi) is 3.86. The molecule has 0 bridgehead atoms. The quantitative estimate of drug-likeness (QED) is 0.779. The smallest absolute Gasteiger partial charge is 0.285 e. The number of rotatable bonds is 4. The Hall–Kier alpha value is -1.09. The van der Waals surface area contributed by atoms with Crippen molar-refractivity contribution in [1.82, 2.24) is 10.2 Å². The van der Waals surface area contributed by atoms with E-state index in [9.17, 15) is 17.1 Å². The van der Waals surface area contributed by atoms with Crippen LogP contribution in [0, 0.1) is 5.92 Å². The van der Waals surface area contributed by atoms with Crippen molar-refractivity contribution in [2.75, 3.05) is 11.4 Å². The van der Waals surface area contributed by atoms with Crippen LogP contribution in [0.4, 0.5) is 9.02 Å². The molecule has 1 aromatic heterocycles. The molecular formula is C10H14FN3O3S2. The number of hydrogen-bond acceptors (Lipinski definition) is 6. The van der Waals surface area contributed by atoms with Crippen LogP contribution in [0.1, 0.15) is 25.3 Å². The summed E-state index contributed by atoms with van der Waals surface area (Å²) in [4.78, 5) is 12.9. The summed E-state index contributed by atoms with van der Waals surface area (Å²) in [7, 11) is -4.69. The third-order valence-corrected chi connectivity index (χ3v) is 4.84. The Morgan fingerprint density at radius 1 is 1.47 bits per heavy atom. The van der Waals surface area contributed by atoms with E-state index >= 15 is 0 Å². The molecule has 0 radical (unpaired) electrons. The molecule has 0 aromatic carbocycles. The number of aromatic nitrogens is 2. The number of carbonyl (C=O) groups is 1. The second-order valence-corrected chi connectivity index (χ2v) is 7.54. The third-order valence-electron chi connectivity index (χ3n) is 2.76. The third kappa shape index (κ3) is 3.27. The molecule has 1 aliphatic heterocycles. The fourth-order valence-corrected chi connectivity index (χ4v) is 3.58. The van der Waals surface area contributed by atoms with E-state index < -0.39 is 21.4 Å². The maximum Gasteiger partial charge on any atom is 0.307 e. The van der Waals surface area contributed by atoms with E-state index in [-0.39, 0.29) is 13.0 Å². The van der Waals surface area contributed by atoms with Gasteiger partial charge in [0.1, 0.15) is 10.3 Å². The van der Waals surface area contributed by atoms with Crippen molar-refractivity contribution in [3.8, 4) is 0 Å². The lowest BCUT2D eigenvalue weighted by atomic mass is 10.1. The van der Waals surface area contributed by atoms with E-state index in [0.29, 0.717) is 11.0 Å². The molecule has 0 spiro atoms. The molecular weight excluding hydrogens is 293 g/mol. The van der Waals surface area contributed by atoms with Crippen molar-refractivity contribution in [2.45, 2.75) is 31.9 Å². The van der Waals surface area contributed by atoms with E-state index in [4.69, 9.17) is 0 Å². The minimum absolute atomic E-state index is 0.187. The van der Waals surface area contributed by atoms with Gasteiger partial charge in [-0.05, 0) is 5.92 Å². The molecule has 106 valence electrons. The fourth-order valence-electron chi connectivity index (χ4n) is 1.83. The summed E-state index contributed by atoms with van der Waals surface area (Å²) in [6.07, 6.45) is 0.405. The molecule has 2 rings (SSSR count). The predicted octanol–water partition coefficient (Wildman–Crippen LogP) is 1.14. The van der Waals surface area contributed by atoms with Crippen LogP contribution in [0.25, 0.3) is 0 Å². The van der Waals surface area contributed by atoms with Gasteiger partial charge in [0.25, 0.3) is 0 Å². The van der Waals surface area contributed by atoms with Crippen molar-refractivity contribution < 1.29 is 17.1 Å². The first-order valence-electron chi connectivity index (χ1n) is 5.83. The van der Waals surface area contributed by atoms with Crippen LogP contribution in [-0.2, 0) is 21.4 Å². The van der Waals surface area contributed by atoms with Crippen LogP contribution in [-0.4, -0.2) is 36.3 Å². The molecule has 1 fully saturated rings. The van der Waals surface area contributed by atoms with Gasteiger partial charge in [0.2, 0.25) is 11.0 Å². The minimum atomic E-state index is -4.69. The van der Waals surface area contributed by atoms with Gasteiger partial charge in [0.05, 0.1) is 0 Å². The largest absolute Gasteiger partial charge is 0.307 e. The molecule has 1 atom stereocenters. The van der Waals surface area contributed by atoms with Gasteiger partial charge in [0, 0.05) is 19.4 Å². The molecule has 1 saturated heterocycles. The summed E-state index contributed by atoms with van der Waals surface area (Å²) < 4.78 is 34.6. The van der Waals surface area contributed by atoms with Gasteiger partial charge in [-0.25, -0.2) is 0 Å². The van der Waals surface area contributed by atoms with Gasteiger partial charge in [-0.3, -0.25) is 9.69 Å². The zero-order valence-electron chi connectivity index (χ0n) is 10.5. The highest BCUT2D eigenvalue weighted by molar-refractivity contribution is 7.87. The van der Waals surface area contributed by atoms with E-state index in [1.54, 1.807) is 0 Å². The standard InChI is InChI=1S/C10H14FN3O3S2/c1-6(2)3-8-12-13-10(18-8)14-5-7(4-9(14)15)19(11,16)17/h6-7H,3-5H2,1-2H3. The second-order valence-electron chi connectivity index (χ2n) is 4.88. The molecule has 1 aromatic rings. The predicted molar refractivity (Wildman–Crippen MR) is 69.2 cm³/mol. The van der Waals surface area contributed by atoms with Gasteiger partial charge in [-0.1, -0.05) is 25.2 Å². The highest BCUT2D eigenvalue weighted by Crippen LogP contribution is 2.29. The maximum absolute atomic E-state index is 12.9. The normalized spacial score (nSPS) is 20.5. The van der Waals surface area contributed by atoms with Gasteiger partial charge in [-0.2, -0.15) is 8.42 Å². The summed E-state index contributed by atoms with van der Waals surface area (Å²) in [5, 5.41) is 7.66. The Bertz CT molecular complexity index is 585. The molecule has 0 N–H and O–H groups in total. The Labute approximate surface area is 114 Å². The second kappa shape index (κ2) is 5.12. The average Bonchev–Trinajstić information content (AvgIpc) is 2.82. The number of nitrogens with zero attached hydrogens (tertiary/aromatic N) is 3. The summed E-state index contributed by atoms with van der Waals surface area (Å²) in [6, 6.07) is 0. The number of amides is 1. The average molecular weight is 307 g/mol. The van der Waals surface area contributed by atoms with Crippen molar-refractivity contribution >= 4 is 32.6 Å². The van der Waals surface area contributed by atoms with Crippen LogP contribution in [0.5, 0.6) is 0 Å². The van der Waals surface area contributed by atoms with Crippen molar-refractivity contribution in [2.24, 2.45) is 5.92 Å². The first kappa shape index (κ1) is 14.3. The Morgan fingerprint density at radius 3 is 2.68 bits per heavy atom. The lowest BCUT2D eigenvalue weighted by Crippen LogP contribution is -2.26. The van der Waals surface area contributed by atoms with Crippen molar-refractivity contribution in [3.05, 3.63) is 5.01 Å². The molecule has 0 saturated carbocycles. The Balaban J connectivity index is 2.14. The number of halogens is 1. The molecule has 0 aliphatic carbocycles. The van der Waals surface area contributed by atoms with Crippen molar-refractivity contribution in [3.63, 3.8) is 0 Å². The van der Waals surface area contributed by atoms with E-state index in [0.717, 1.165) is 11.4 Å². The molecule has 1 aliphatic rings.